The van der Waals surface area contributed by atoms with E-state index in [4.69, 9.17) is 6.57 Å². The minimum absolute atomic E-state index is 0.608. The highest BCUT2D eigenvalue weighted by atomic mass is 14.6. The van der Waals surface area contributed by atoms with E-state index in [0.29, 0.717) is 11.3 Å². The van der Waals surface area contributed by atoms with Gasteiger partial charge in [-0.1, -0.05) is 158 Å². The van der Waals surface area contributed by atoms with Crippen LogP contribution in [0.15, 0.2) is 182 Å². The lowest BCUT2D eigenvalue weighted by Gasteiger charge is -2.19. The van der Waals surface area contributed by atoms with Crippen molar-refractivity contribution in [2.24, 2.45) is 0 Å². The molecule has 12 aromatic rings. The number of rotatable bonds is 4. The van der Waals surface area contributed by atoms with E-state index in [0.717, 1.165) is 43.8 Å². The first-order valence-corrected chi connectivity index (χ1v) is 19.6. The summed E-state index contributed by atoms with van der Waals surface area (Å²) < 4.78 is 0. The normalized spacial score (nSPS) is 11.8. The van der Waals surface area contributed by atoms with Gasteiger partial charge in [0.05, 0.1) is 18.2 Å². The van der Waals surface area contributed by atoms with Crippen LogP contribution in [0.4, 0.5) is 5.69 Å². The molecule has 58 heavy (non-hydrogen) atoms. The van der Waals surface area contributed by atoms with Gasteiger partial charge in [-0.05, 0) is 144 Å². The molecule has 0 N–H and O–H groups in total. The van der Waals surface area contributed by atoms with Gasteiger partial charge in [0, 0.05) is 0 Å². The van der Waals surface area contributed by atoms with Crippen molar-refractivity contribution in [1.29, 1.82) is 5.26 Å². The van der Waals surface area contributed by atoms with Gasteiger partial charge in [-0.25, -0.2) is 4.85 Å². The number of hydrogen-bond donors (Lipinski definition) is 0. The second kappa shape index (κ2) is 12.2. The van der Waals surface area contributed by atoms with Gasteiger partial charge in [-0.3, -0.25) is 0 Å². The molecule has 0 radical (unpaired) electrons. The molecule has 12 aromatic carbocycles. The maximum atomic E-state index is 10.2. The number of nitriles is 1. The van der Waals surface area contributed by atoms with Crippen molar-refractivity contribution in [1.82, 2.24) is 0 Å². The van der Waals surface area contributed by atoms with E-state index in [-0.39, 0.29) is 0 Å². The maximum Gasteiger partial charge on any atom is 0.187 e. The fourth-order valence-electron chi connectivity index (χ4n) is 10.1. The molecule has 0 aliphatic heterocycles. The quantitative estimate of drug-likeness (QED) is 0.131. The first-order valence-electron chi connectivity index (χ1n) is 19.6. The van der Waals surface area contributed by atoms with E-state index in [1.807, 2.05) is 24.3 Å². The molecule has 2 heteroatoms. The average molecular weight is 731 g/mol. The van der Waals surface area contributed by atoms with Crippen LogP contribution >= 0.6 is 0 Å². The first kappa shape index (κ1) is 32.2. The third-order valence-corrected chi connectivity index (χ3v) is 12.4. The van der Waals surface area contributed by atoms with E-state index in [1.165, 1.54) is 76.1 Å². The van der Waals surface area contributed by atoms with Gasteiger partial charge in [0.2, 0.25) is 0 Å². The highest BCUT2D eigenvalue weighted by Gasteiger charge is 2.27. The Bertz CT molecular complexity index is 3750. The minimum atomic E-state index is 0.608. The van der Waals surface area contributed by atoms with E-state index in [2.05, 4.69) is 169 Å². The highest BCUT2D eigenvalue weighted by molar-refractivity contribution is 6.45. The summed E-state index contributed by atoms with van der Waals surface area (Å²) in [7, 11) is 0. The van der Waals surface area contributed by atoms with Crippen molar-refractivity contribution in [2.75, 3.05) is 0 Å². The van der Waals surface area contributed by atoms with E-state index in [1.54, 1.807) is 0 Å². The van der Waals surface area contributed by atoms with Crippen molar-refractivity contribution >= 4 is 81.1 Å². The molecule has 0 fully saturated rings. The zero-order valence-electron chi connectivity index (χ0n) is 31.2. The molecule has 0 bridgehead atoms. The Morgan fingerprint density at radius 2 is 0.914 bits per heavy atom. The average Bonchev–Trinajstić information content (AvgIpc) is 3.80. The summed E-state index contributed by atoms with van der Waals surface area (Å²) in [6.07, 6.45) is 0. The van der Waals surface area contributed by atoms with Crippen LogP contribution in [0.3, 0.4) is 0 Å². The third-order valence-electron chi connectivity index (χ3n) is 12.4. The van der Waals surface area contributed by atoms with Crippen LogP contribution in [-0.4, -0.2) is 0 Å². The lowest BCUT2D eigenvalue weighted by molar-refractivity contribution is 1.49. The highest BCUT2D eigenvalue weighted by Crippen LogP contribution is 2.55. The largest absolute Gasteiger partial charge is 0.238 e. The van der Waals surface area contributed by atoms with Gasteiger partial charge in [-0.2, -0.15) is 5.26 Å². The SMILES string of the molecule is [C-]#[N+]c1cccc(-c2c3cc4c5ccccc5c5cccc(c3c(-c3cccc(C#N)c3)c3c6cccc7c(-c8ccccc8-c8ccccc8)ccc(c23)c76)c54)c1. The van der Waals surface area contributed by atoms with Crippen molar-refractivity contribution in [3.63, 3.8) is 0 Å². The van der Waals surface area contributed by atoms with Crippen LogP contribution in [0.5, 0.6) is 0 Å². The molecule has 12 rings (SSSR count). The summed E-state index contributed by atoms with van der Waals surface area (Å²) in [5, 5.41) is 27.0. The molecule has 264 valence electrons. The van der Waals surface area contributed by atoms with Crippen LogP contribution in [0, 0.1) is 17.9 Å². The summed E-state index contributed by atoms with van der Waals surface area (Å²) in [6.45, 7) is 8.05. The van der Waals surface area contributed by atoms with Crippen molar-refractivity contribution < 1.29 is 0 Å². The predicted octanol–water partition coefficient (Wildman–Crippen LogP) is 15.7. The summed E-state index contributed by atoms with van der Waals surface area (Å²) in [6, 6.07) is 67.3. The van der Waals surface area contributed by atoms with Crippen LogP contribution in [0.1, 0.15) is 5.56 Å². The Balaban J connectivity index is 1.35. The lowest BCUT2D eigenvalue weighted by atomic mass is 9.83. The second-order valence-corrected chi connectivity index (χ2v) is 15.3. The van der Waals surface area contributed by atoms with Gasteiger partial charge in [-0.15, -0.1) is 0 Å². The maximum absolute atomic E-state index is 10.2. The van der Waals surface area contributed by atoms with Crippen LogP contribution in [0.25, 0.3) is 125 Å². The number of nitrogens with zero attached hydrogens (tertiary/aromatic N) is 2. The van der Waals surface area contributed by atoms with Gasteiger partial charge < -0.3 is 0 Å². The fourth-order valence-corrected chi connectivity index (χ4v) is 10.1. The lowest BCUT2D eigenvalue weighted by Crippen LogP contribution is -1.91. The molecule has 2 nitrogen and oxygen atoms in total. The second-order valence-electron chi connectivity index (χ2n) is 15.3. The molecule has 0 unspecified atom stereocenters. The number of benzene rings is 10. The molecule has 0 aliphatic carbocycles. The Kier molecular flexibility index (Phi) is 6.80. The third kappa shape index (κ3) is 4.40. The van der Waals surface area contributed by atoms with Gasteiger partial charge in [0.25, 0.3) is 0 Å². The first-order chi connectivity index (χ1) is 28.7. The molecular weight excluding hydrogens is 701 g/mol. The molecule has 0 saturated carbocycles. The molecular formula is C56H30N2. The minimum Gasteiger partial charge on any atom is -0.238 e. The smallest absolute Gasteiger partial charge is 0.187 e. The Hall–Kier alpha value is -8.04. The van der Waals surface area contributed by atoms with Crippen LogP contribution in [0.2, 0.25) is 0 Å². The van der Waals surface area contributed by atoms with Crippen LogP contribution < -0.4 is 0 Å². The zero-order valence-corrected chi connectivity index (χ0v) is 31.2. The van der Waals surface area contributed by atoms with Crippen molar-refractivity contribution in [3.05, 3.63) is 199 Å². The molecule has 0 aliphatic rings. The standard InChI is InChI=1S/C56H30N2/c1-58-37-18-10-17-36(30-37)50-49-31-48-41-22-8-7-21-40(41)43-23-11-25-45(53(43)48)54(49)51(35-16-9-13-33(29-35)32-57)56-46-26-12-24-44-42(27-28-47(52(44)46)55(50)56)39-20-6-5-19-38(39)34-14-3-2-4-15-34/h2-31H. The summed E-state index contributed by atoms with van der Waals surface area (Å²) in [4.78, 5) is 3.91. The van der Waals surface area contributed by atoms with Gasteiger partial charge >= 0.3 is 0 Å². The van der Waals surface area contributed by atoms with E-state index >= 15 is 0 Å². The summed E-state index contributed by atoms with van der Waals surface area (Å²) in [5.41, 5.74) is 10.3. The monoisotopic (exact) mass is 730 g/mol. The fraction of sp³-hybridized carbons (Fsp3) is 0. The molecule has 0 amide bonds. The Labute approximate surface area is 334 Å². The summed E-state index contributed by atoms with van der Waals surface area (Å²) in [5.74, 6) is 0. The molecule has 0 aromatic heterocycles. The molecule has 0 spiro atoms. The molecule has 0 saturated heterocycles. The van der Waals surface area contributed by atoms with E-state index < -0.39 is 0 Å². The van der Waals surface area contributed by atoms with Crippen molar-refractivity contribution in [2.45, 2.75) is 0 Å². The number of hydrogen-bond acceptors (Lipinski definition) is 1. The Morgan fingerprint density at radius 1 is 0.345 bits per heavy atom. The summed E-state index contributed by atoms with van der Waals surface area (Å²) >= 11 is 0. The van der Waals surface area contributed by atoms with Gasteiger partial charge in [0.15, 0.2) is 5.69 Å². The number of fused-ring (bicyclic) bond motifs is 8. The topological polar surface area (TPSA) is 28.1 Å². The molecule has 0 atom stereocenters. The van der Waals surface area contributed by atoms with Gasteiger partial charge in [0.1, 0.15) is 0 Å². The Morgan fingerprint density at radius 3 is 1.71 bits per heavy atom. The van der Waals surface area contributed by atoms with Crippen molar-refractivity contribution in [3.8, 4) is 50.6 Å². The predicted molar refractivity (Wildman–Crippen MR) is 244 cm³/mol. The zero-order chi connectivity index (χ0) is 38.5. The van der Waals surface area contributed by atoms with E-state index in [9.17, 15) is 5.26 Å². The van der Waals surface area contributed by atoms with Crippen LogP contribution in [-0.2, 0) is 0 Å². The molecule has 0 heterocycles.